The number of imide groups is 2. The number of halogens is 1. The molecule has 0 saturated carbocycles. The summed E-state index contributed by atoms with van der Waals surface area (Å²) < 4.78 is 6.22. The molecule has 1 unspecified atom stereocenters. The summed E-state index contributed by atoms with van der Waals surface area (Å²) in [6.07, 6.45) is 9.48. The number of amides is 4. The fourth-order valence-electron chi connectivity index (χ4n) is 9.66. The minimum Gasteiger partial charge on any atom is -0.488 e. The maximum atomic E-state index is 13.2. The minimum absolute atomic E-state index is 0.0197. The molecule has 1 N–H and O–H groups in total. The van der Waals surface area contributed by atoms with Crippen molar-refractivity contribution in [3.05, 3.63) is 76.4 Å². The van der Waals surface area contributed by atoms with E-state index in [0.29, 0.717) is 28.5 Å². The van der Waals surface area contributed by atoms with Gasteiger partial charge in [0, 0.05) is 75.0 Å². The van der Waals surface area contributed by atoms with Gasteiger partial charge >= 0.3 is 0 Å². The van der Waals surface area contributed by atoms with Crippen LogP contribution in [-0.2, 0) is 9.59 Å². The Balaban J connectivity index is 0.726. The smallest absolute Gasteiger partial charge is 0.262 e. The van der Waals surface area contributed by atoms with Crippen molar-refractivity contribution in [2.24, 2.45) is 5.41 Å². The summed E-state index contributed by atoms with van der Waals surface area (Å²) in [5.41, 5.74) is 3.36. The van der Waals surface area contributed by atoms with Gasteiger partial charge in [-0.3, -0.25) is 34.3 Å². The lowest BCUT2D eigenvalue weighted by molar-refractivity contribution is -0.136. The fourth-order valence-corrected chi connectivity index (χ4v) is 9.88. The van der Waals surface area contributed by atoms with Crippen LogP contribution >= 0.6 is 11.6 Å². The van der Waals surface area contributed by atoms with Crippen molar-refractivity contribution in [1.82, 2.24) is 25.1 Å². The van der Waals surface area contributed by atoms with Crippen LogP contribution in [0.1, 0.15) is 72.6 Å². The molecule has 2 atom stereocenters. The minimum atomic E-state index is -0.991. The van der Waals surface area contributed by atoms with Crippen molar-refractivity contribution in [1.29, 1.82) is 0 Å². The molecule has 0 bridgehead atoms. The van der Waals surface area contributed by atoms with E-state index in [9.17, 15) is 19.2 Å². The second kappa shape index (κ2) is 14.4. The van der Waals surface area contributed by atoms with E-state index in [1.807, 2.05) is 30.6 Å². The van der Waals surface area contributed by atoms with E-state index in [2.05, 4.69) is 36.7 Å². The molecular weight excluding hydrogens is 734 g/mol. The number of hydrogen-bond donors (Lipinski definition) is 1. The molecule has 0 aliphatic carbocycles. The van der Waals surface area contributed by atoms with Gasteiger partial charge < -0.3 is 19.4 Å². The van der Waals surface area contributed by atoms with Crippen molar-refractivity contribution in [2.75, 3.05) is 60.5 Å². The monoisotopic (exact) mass is 777 g/mol. The quantitative estimate of drug-likeness (QED) is 0.264. The van der Waals surface area contributed by atoms with Gasteiger partial charge in [0.25, 0.3) is 11.8 Å². The Bertz CT molecular complexity index is 2120. The molecule has 5 fully saturated rings. The summed E-state index contributed by atoms with van der Waals surface area (Å²) in [6, 6.07) is 10.5. The van der Waals surface area contributed by atoms with E-state index in [0.717, 1.165) is 100 Å². The normalized spacial score (nSPS) is 24.4. The van der Waals surface area contributed by atoms with Crippen molar-refractivity contribution in [2.45, 2.75) is 76.1 Å². The number of piperidine rings is 3. The molecule has 6 aliphatic heterocycles. The molecule has 14 nitrogen and oxygen atoms in total. The standard InChI is InChI=1S/C41H44ClN9O5/c1-25-19-41(24-50(25)27-3-6-34(43-2)33(42)17-27)11-15-48(16-12-41)40-44-20-28(21-45-40)47-13-9-26(10-14-47)49-22-30(23-49)56-29-4-5-31-32(18-29)39(55)51(38(31)54)35-7-8-36(52)46-37(35)53/h3-6,17-18,20-21,25-26,30,35H,7-16,19,22-24H2,1H3,(H,46,52,53)/t25-,35?/m0/s1. The molecule has 7 heterocycles. The van der Waals surface area contributed by atoms with Crippen LogP contribution in [0.2, 0.25) is 5.02 Å². The molecule has 9 rings (SSSR count). The summed E-state index contributed by atoms with van der Waals surface area (Å²) in [6.45, 7) is 15.9. The molecule has 56 heavy (non-hydrogen) atoms. The highest BCUT2D eigenvalue weighted by Crippen LogP contribution is 2.46. The van der Waals surface area contributed by atoms with E-state index < -0.39 is 29.7 Å². The van der Waals surface area contributed by atoms with Crippen LogP contribution in [0.5, 0.6) is 5.75 Å². The lowest BCUT2D eigenvalue weighted by Crippen LogP contribution is -2.59. The van der Waals surface area contributed by atoms with Crippen LogP contribution in [0.25, 0.3) is 4.85 Å². The number of fused-ring (bicyclic) bond motifs is 1. The number of likely N-dealkylation sites (tertiary alicyclic amines) is 1. The third kappa shape index (κ3) is 6.60. The maximum Gasteiger partial charge on any atom is 0.262 e. The first-order chi connectivity index (χ1) is 27.1. The largest absolute Gasteiger partial charge is 0.488 e. The number of benzene rings is 2. The van der Waals surface area contributed by atoms with Gasteiger partial charge in [-0.25, -0.2) is 14.8 Å². The molecule has 3 aromatic rings. The Morgan fingerprint density at radius 1 is 0.893 bits per heavy atom. The number of nitrogens with zero attached hydrogens (tertiary/aromatic N) is 8. The van der Waals surface area contributed by atoms with Crippen LogP contribution in [0.15, 0.2) is 48.8 Å². The van der Waals surface area contributed by atoms with Gasteiger partial charge in [0.15, 0.2) is 0 Å². The SMILES string of the molecule is [C-]#[N+]c1ccc(N2CC3(CCN(c4ncc(N5CCC(N6CC(Oc7ccc8c(c7)C(=O)N(C7CCC(=O)NC7=O)C8=O)C6)CC5)cn4)CC3)C[C@@H]2C)cc1Cl. The zero-order chi connectivity index (χ0) is 38.7. The summed E-state index contributed by atoms with van der Waals surface area (Å²) in [5.74, 6) is -0.767. The van der Waals surface area contributed by atoms with Crippen LogP contribution in [-0.4, -0.2) is 113 Å². The summed E-state index contributed by atoms with van der Waals surface area (Å²) in [5, 5.41) is 2.74. The maximum absolute atomic E-state index is 13.2. The van der Waals surface area contributed by atoms with Gasteiger partial charge in [0.1, 0.15) is 17.9 Å². The predicted octanol–water partition coefficient (Wildman–Crippen LogP) is 4.70. The summed E-state index contributed by atoms with van der Waals surface area (Å²) in [7, 11) is 0. The van der Waals surface area contributed by atoms with Gasteiger partial charge in [0.2, 0.25) is 23.5 Å². The van der Waals surface area contributed by atoms with Crippen molar-refractivity contribution >= 4 is 58.2 Å². The predicted molar refractivity (Wildman–Crippen MR) is 209 cm³/mol. The average molecular weight is 778 g/mol. The first-order valence-corrected chi connectivity index (χ1v) is 20.0. The Hall–Kier alpha value is -5.26. The highest BCUT2D eigenvalue weighted by atomic mass is 35.5. The van der Waals surface area contributed by atoms with E-state index in [4.69, 9.17) is 32.9 Å². The van der Waals surface area contributed by atoms with Gasteiger partial charge in [-0.05, 0) is 81.2 Å². The number of carbonyl (C=O) groups excluding carboxylic acids is 4. The molecule has 290 valence electrons. The van der Waals surface area contributed by atoms with Crippen molar-refractivity contribution in [3.8, 4) is 5.75 Å². The molecule has 1 aromatic heterocycles. The Morgan fingerprint density at radius 3 is 2.32 bits per heavy atom. The number of carbonyl (C=O) groups is 4. The zero-order valence-corrected chi connectivity index (χ0v) is 32.1. The lowest BCUT2D eigenvalue weighted by atomic mass is 9.77. The number of rotatable bonds is 7. The number of nitrogens with one attached hydrogen (secondary N) is 1. The number of aromatic nitrogens is 2. The highest BCUT2D eigenvalue weighted by Gasteiger charge is 2.46. The van der Waals surface area contributed by atoms with Gasteiger partial charge in [0.05, 0.1) is 35.8 Å². The topological polar surface area (TPSA) is 136 Å². The van der Waals surface area contributed by atoms with Crippen molar-refractivity contribution in [3.63, 3.8) is 0 Å². The molecule has 15 heteroatoms. The average Bonchev–Trinajstić information content (AvgIpc) is 3.64. The molecule has 6 aliphatic rings. The van der Waals surface area contributed by atoms with E-state index in [-0.39, 0.29) is 35.5 Å². The fraction of sp³-hybridized carbons (Fsp3) is 0.488. The molecule has 5 saturated heterocycles. The second-order valence-corrected chi connectivity index (χ2v) is 16.6. The van der Waals surface area contributed by atoms with E-state index in [1.165, 1.54) is 0 Å². The van der Waals surface area contributed by atoms with Crippen LogP contribution in [0.4, 0.5) is 23.0 Å². The van der Waals surface area contributed by atoms with Crippen LogP contribution < -0.4 is 24.8 Å². The van der Waals surface area contributed by atoms with Crippen LogP contribution in [0.3, 0.4) is 0 Å². The van der Waals surface area contributed by atoms with Gasteiger partial charge in [-0.15, -0.1) is 0 Å². The molecular formula is C41H44ClN9O5. The number of hydrogen-bond acceptors (Lipinski definition) is 11. The van der Waals surface area contributed by atoms with Gasteiger partial charge in [-0.2, -0.15) is 0 Å². The summed E-state index contributed by atoms with van der Waals surface area (Å²) >= 11 is 6.38. The number of anilines is 3. The van der Waals surface area contributed by atoms with Crippen molar-refractivity contribution < 1.29 is 23.9 Å². The Labute approximate surface area is 330 Å². The van der Waals surface area contributed by atoms with Crippen LogP contribution in [0, 0.1) is 12.0 Å². The summed E-state index contributed by atoms with van der Waals surface area (Å²) in [4.78, 5) is 73.9. The highest BCUT2D eigenvalue weighted by molar-refractivity contribution is 6.33. The molecule has 1 spiro atoms. The third-order valence-electron chi connectivity index (χ3n) is 12.8. The molecule has 2 aromatic carbocycles. The first-order valence-electron chi connectivity index (χ1n) is 19.6. The zero-order valence-electron chi connectivity index (χ0n) is 31.3. The number of ether oxygens (including phenoxy) is 1. The Kier molecular flexibility index (Phi) is 9.32. The van der Waals surface area contributed by atoms with E-state index >= 15 is 0 Å². The second-order valence-electron chi connectivity index (χ2n) is 16.2. The first kappa shape index (κ1) is 36.4. The Morgan fingerprint density at radius 2 is 1.62 bits per heavy atom. The molecule has 0 radical (unpaired) electrons. The molecule has 4 amide bonds. The third-order valence-corrected chi connectivity index (χ3v) is 13.1. The van der Waals surface area contributed by atoms with Gasteiger partial charge in [-0.1, -0.05) is 17.7 Å². The lowest BCUT2D eigenvalue weighted by Gasteiger charge is -2.47. The van der Waals surface area contributed by atoms with E-state index in [1.54, 1.807) is 18.2 Å².